The molecular formula is C63H60BrCl2F3N12O13S3. The zero-order chi connectivity index (χ0) is 69.4. The van der Waals surface area contributed by atoms with Gasteiger partial charge < -0.3 is 50.6 Å². The number of esters is 3. The van der Waals surface area contributed by atoms with Crippen LogP contribution >= 0.6 is 73.1 Å². The molecule has 25 nitrogen and oxygen atoms in total. The van der Waals surface area contributed by atoms with E-state index in [9.17, 15) is 62.4 Å². The van der Waals surface area contributed by atoms with Crippen molar-refractivity contribution in [3.63, 3.8) is 0 Å². The highest BCUT2D eigenvalue weighted by Crippen LogP contribution is 2.41. The summed E-state index contributed by atoms with van der Waals surface area (Å²) >= 11 is 20.1. The molecule has 97 heavy (non-hydrogen) atoms. The number of carboxylic acid groups (broad SMARTS) is 3. The largest absolute Gasteiger partial charge is 0.480 e. The number of thiazole rings is 3. The van der Waals surface area contributed by atoms with Crippen LogP contribution in [0.15, 0.2) is 143 Å². The van der Waals surface area contributed by atoms with Gasteiger partial charge in [0.25, 0.3) is 0 Å². The molecule has 6 aliphatic rings. The first-order valence-electron chi connectivity index (χ1n) is 30.0. The third-order valence-electron chi connectivity index (χ3n) is 15.9. The lowest BCUT2D eigenvalue weighted by molar-refractivity contribution is -0.159. The summed E-state index contributed by atoms with van der Waals surface area (Å²) in [6, 6.07) is 6.90. The van der Waals surface area contributed by atoms with Gasteiger partial charge in [-0.1, -0.05) is 57.3 Å². The molecule has 0 spiro atoms. The average molecular weight is 1500 g/mol. The molecule has 3 aromatic heterocycles. The number of nitrogens with zero attached hydrogens (tertiary/aromatic N) is 9. The molecule has 0 radical (unpaired) electrons. The zero-order valence-electron chi connectivity index (χ0n) is 51.5. The molecule has 9 heterocycles. The number of benzene rings is 3. The number of hydrogen-bond donors (Lipinski definition) is 7. The van der Waals surface area contributed by atoms with Crippen molar-refractivity contribution in [3.8, 4) is 0 Å². The Morgan fingerprint density at radius 3 is 1.19 bits per heavy atom. The van der Waals surface area contributed by atoms with Gasteiger partial charge in [0.05, 0.1) is 42.6 Å². The minimum absolute atomic E-state index is 0.00187. The number of nitrogens with one attached hydrogen (secondary N) is 3. The van der Waals surface area contributed by atoms with E-state index in [1.807, 2.05) is 5.38 Å². The number of hydrogen-bond acceptors (Lipinski definition) is 25. The maximum Gasteiger partial charge on any atom is 0.338 e. The van der Waals surface area contributed by atoms with Crippen LogP contribution in [0.2, 0.25) is 10.0 Å². The summed E-state index contributed by atoms with van der Waals surface area (Å²) in [6.45, 7) is 7.11. The number of aliphatic carboxylic acids is 3. The number of carboxylic acids is 3. The SMILES string of the molecule is CCOC(=O)C1=C(CN2CC(O)C2C(=O)O)NC(c2nccs2)=N[C@H]1c1ccc(F)cc1Cl.CCOC(=O)C1=C(CN2CCC2C(=O)O)NC(c2nccs2)=N[C@H]1c1ccc(F)cc1Br.CCOC(=O)C1=C(CN2CCC2C(=O)O)NC(c2nccs2)=N[C@H]1c1ccc(F)cc1Cl. The molecule has 7 atom stereocenters. The van der Waals surface area contributed by atoms with E-state index in [1.165, 1.54) is 75.3 Å². The molecule has 3 aromatic carbocycles. The average Bonchev–Trinajstić information content (AvgIpc) is 1.57. The van der Waals surface area contributed by atoms with Crippen LogP contribution in [0.1, 0.15) is 83.5 Å². The monoisotopic (exact) mass is 1490 g/mol. The Morgan fingerprint density at radius 2 is 0.897 bits per heavy atom. The van der Waals surface area contributed by atoms with Gasteiger partial charge in [0, 0.05) is 117 Å². The van der Waals surface area contributed by atoms with E-state index >= 15 is 0 Å². The van der Waals surface area contributed by atoms with Crippen molar-refractivity contribution in [1.29, 1.82) is 0 Å². The molecule has 510 valence electrons. The van der Waals surface area contributed by atoms with Gasteiger partial charge in [-0.25, -0.2) is 42.5 Å². The Bertz CT molecular complexity index is 4010. The standard InChI is InChI=1S/C21H20BrFN4O4S.C21H20ClFN4O5S.C21H20ClFN4O4S/c1-2-31-21(30)16-14(10-27-7-5-15(27)20(28)29)25-18(19-24-6-8-32-19)26-17(16)12-4-3-11(23)9-13(12)22;1-2-32-21(31)15-13(8-27-9-14(28)17(27)20(29)30)25-18(19-24-5-6-33-19)26-16(15)11-4-3-10(23)7-12(11)22;1-2-31-21(30)16-14(10-27-7-5-15(27)20(28)29)25-18(19-24-6-8-32-19)26-17(16)12-4-3-11(23)9-13(12)22/h3-4,6,8-9,15,17H,2,5,7,10H2,1H3,(H,25,26)(H,28,29);3-7,14,16-17,28H,2,8-9H2,1H3,(H,25,26)(H,29,30);3-4,6,8-9,15,17H,2,5,7,10H2,1H3,(H,25,26)(H,28,29)/t15?,17-;14?,16-,17?;15?,17-/m000/s1. The zero-order valence-corrected chi connectivity index (χ0v) is 57.0. The molecule has 0 saturated carbocycles. The van der Waals surface area contributed by atoms with E-state index < -0.39 is 95.6 Å². The van der Waals surface area contributed by atoms with Crippen molar-refractivity contribution in [3.05, 3.63) is 187 Å². The fourth-order valence-corrected chi connectivity index (χ4v) is 14.0. The highest BCUT2D eigenvalue weighted by molar-refractivity contribution is 9.10. The van der Waals surface area contributed by atoms with E-state index in [-0.39, 0.29) is 72.8 Å². The Hall–Kier alpha value is -8.31. The number of aromatic nitrogens is 3. The molecule has 12 rings (SSSR count). The third-order valence-corrected chi connectivity index (χ3v) is 19.6. The molecule has 3 fully saturated rings. The molecule has 4 unspecified atom stereocenters. The fraction of sp³-hybridized carbons (Fsp3) is 0.333. The van der Waals surface area contributed by atoms with E-state index in [2.05, 4.69) is 56.8 Å². The van der Waals surface area contributed by atoms with Gasteiger partial charge >= 0.3 is 35.8 Å². The number of likely N-dealkylation sites (tertiary alicyclic amines) is 3. The molecule has 0 bridgehead atoms. The number of aliphatic hydroxyl groups is 1. The highest BCUT2D eigenvalue weighted by atomic mass is 79.9. The van der Waals surface area contributed by atoms with Crippen molar-refractivity contribution in [1.82, 2.24) is 45.6 Å². The summed E-state index contributed by atoms with van der Waals surface area (Å²) in [4.78, 5) is 106. The van der Waals surface area contributed by atoms with Crippen LogP contribution in [0.25, 0.3) is 0 Å². The first-order chi connectivity index (χ1) is 46.6. The maximum atomic E-state index is 13.8. The molecule has 6 aliphatic heterocycles. The lowest BCUT2D eigenvalue weighted by Crippen LogP contribution is -2.64. The minimum Gasteiger partial charge on any atom is -0.480 e. The number of carbonyl (C=O) groups is 6. The molecule has 34 heteroatoms. The quantitative estimate of drug-likeness (QED) is 0.0264. The predicted molar refractivity (Wildman–Crippen MR) is 356 cm³/mol. The molecule has 0 amide bonds. The van der Waals surface area contributed by atoms with Gasteiger partial charge in [-0.2, -0.15) is 0 Å². The Kier molecular flexibility index (Phi) is 23.5. The van der Waals surface area contributed by atoms with Crippen molar-refractivity contribution >= 4 is 126 Å². The van der Waals surface area contributed by atoms with Crippen molar-refractivity contribution < 1.29 is 76.6 Å². The van der Waals surface area contributed by atoms with Crippen LogP contribution in [0.4, 0.5) is 13.2 Å². The summed E-state index contributed by atoms with van der Waals surface area (Å²) in [6.07, 6.45) is 4.92. The lowest BCUT2D eigenvalue weighted by Gasteiger charge is -2.43. The summed E-state index contributed by atoms with van der Waals surface area (Å²) in [7, 11) is 0. The number of rotatable bonds is 21. The van der Waals surface area contributed by atoms with Crippen LogP contribution < -0.4 is 16.0 Å². The molecular weight excluding hydrogens is 1440 g/mol. The van der Waals surface area contributed by atoms with Gasteiger partial charge in [-0.15, -0.1) is 34.0 Å². The van der Waals surface area contributed by atoms with Crippen LogP contribution in [0.3, 0.4) is 0 Å². The minimum atomic E-state index is -1.17. The topological polar surface area (TPSA) is 333 Å². The van der Waals surface area contributed by atoms with E-state index in [4.69, 9.17) is 42.4 Å². The second-order valence-corrected chi connectivity index (χ2v) is 26.2. The van der Waals surface area contributed by atoms with E-state index in [1.54, 1.807) is 66.0 Å². The molecule has 0 aliphatic carbocycles. The van der Waals surface area contributed by atoms with Crippen molar-refractivity contribution in [2.24, 2.45) is 15.0 Å². The number of carbonyl (C=O) groups excluding carboxylic acids is 3. The highest BCUT2D eigenvalue weighted by Gasteiger charge is 2.46. The Morgan fingerprint density at radius 1 is 0.546 bits per heavy atom. The molecule has 6 aromatic rings. The predicted octanol–water partition coefficient (Wildman–Crippen LogP) is 8.09. The lowest BCUT2D eigenvalue weighted by atomic mass is 9.93. The van der Waals surface area contributed by atoms with Crippen molar-refractivity contribution in [2.45, 2.75) is 76.0 Å². The third kappa shape index (κ3) is 16.3. The number of aliphatic imine (C=N–C) groups is 3. The van der Waals surface area contributed by atoms with Crippen molar-refractivity contribution in [2.75, 3.05) is 59.1 Å². The number of amidine groups is 3. The summed E-state index contributed by atoms with van der Waals surface area (Å²) < 4.78 is 57.5. The van der Waals surface area contributed by atoms with E-state index in [0.717, 1.165) is 12.1 Å². The normalized spacial score (nSPS) is 21.6. The first kappa shape index (κ1) is 71.5. The maximum absolute atomic E-state index is 13.8. The first-order valence-corrected chi connectivity index (χ1v) is 34.1. The molecule has 7 N–H and O–H groups in total. The van der Waals surface area contributed by atoms with Crippen LogP contribution in [-0.4, -0.2) is 187 Å². The van der Waals surface area contributed by atoms with Crippen LogP contribution in [0.5, 0.6) is 0 Å². The Balaban J connectivity index is 0.000000158. The van der Waals surface area contributed by atoms with Gasteiger partial charge in [0.1, 0.15) is 53.7 Å². The second kappa shape index (κ2) is 31.9. The summed E-state index contributed by atoms with van der Waals surface area (Å²) in [5.41, 5.74) is 3.28. The van der Waals surface area contributed by atoms with Crippen LogP contribution in [0, 0.1) is 17.5 Å². The second-order valence-electron chi connectivity index (χ2n) is 21.9. The van der Waals surface area contributed by atoms with Gasteiger partial charge in [0.15, 0.2) is 32.5 Å². The number of β-amino-alcohol motifs (C(OH)–C–C–N with tert-alkyl or cyclic N) is 1. The number of halogens is 6. The van der Waals surface area contributed by atoms with Gasteiger partial charge in [0.2, 0.25) is 0 Å². The molecule has 3 saturated heterocycles. The van der Waals surface area contributed by atoms with E-state index in [0.29, 0.717) is 96.7 Å². The van der Waals surface area contributed by atoms with Crippen LogP contribution in [-0.2, 0) is 43.0 Å². The fourth-order valence-electron chi connectivity index (χ4n) is 11.2. The number of aliphatic hydroxyl groups excluding tert-OH is 1. The smallest absolute Gasteiger partial charge is 0.338 e. The van der Waals surface area contributed by atoms with Gasteiger partial charge in [-0.3, -0.25) is 44.1 Å². The Labute approximate surface area is 581 Å². The van der Waals surface area contributed by atoms with Gasteiger partial charge in [-0.05, 0) is 75.6 Å². The number of ether oxygens (including phenoxy) is 3. The summed E-state index contributed by atoms with van der Waals surface area (Å²) in [5, 5.41) is 55.0. The summed E-state index contributed by atoms with van der Waals surface area (Å²) in [5.74, 6) is -5.08.